The second kappa shape index (κ2) is 11.1. The maximum atomic E-state index is 14.3. The van der Waals surface area contributed by atoms with Crippen LogP contribution in [0.1, 0.15) is 26.7 Å². The van der Waals surface area contributed by atoms with Crippen LogP contribution in [0.2, 0.25) is 0 Å². The van der Waals surface area contributed by atoms with Gasteiger partial charge in [-0.3, -0.25) is 0 Å². The van der Waals surface area contributed by atoms with Crippen molar-refractivity contribution in [2.45, 2.75) is 32.7 Å². The summed E-state index contributed by atoms with van der Waals surface area (Å²) in [5.74, 6) is -2.47. The van der Waals surface area contributed by atoms with Crippen LogP contribution in [0, 0.1) is 11.7 Å². The number of fused-ring (bicyclic) bond motifs is 1. The highest BCUT2D eigenvalue weighted by Crippen LogP contribution is 2.38. The lowest BCUT2D eigenvalue weighted by Gasteiger charge is -2.34. The van der Waals surface area contributed by atoms with E-state index in [1.165, 1.54) is 19.5 Å². The average Bonchev–Trinajstić information content (AvgIpc) is 2.82. The first-order chi connectivity index (χ1) is 15.9. The van der Waals surface area contributed by atoms with Gasteiger partial charge in [-0.2, -0.15) is 0 Å². The summed E-state index contributed by atoms with van der Waals surface area (Å²) in [5.41, 5.74) is 0.713. The largest absolute Gasteiger partial charge is 0.493 e. The maximum Gasteiger partial charge on any atom is 0.325 e. The summed E-state index contributed by atoms with van der Waals surface area (Å²) in [7, 11) is 1.44. The van der Waals surface area contributed by atoms with Crippen LogP contribution in [-0.4, -0.2) is 46.4 Å². The first kappa shape index (κ1) is 25.1. The SMILES string of the molecule is CC.COc1cc2c(Nc3ccc(Br)cc3F)ncnc2cc1OC(O)(O)C1CCNCC1. The zero-order chi connectivity index (χ0) is 24.0. The van der Waals surface area contributed by atoms with Gasteiger partial charge in [-0.15, -0.1) is 0 Å². The van der Waals surface area contributed by atoms with E-state index in [1.807, 2.05) is 13.8 Å². The number of halogens is 2. The van der Waals surface area contributed by atoms with Crippen LogP contribution >= 0.6 is 15.9 Å². The molecule has 8 nitrogen and oxygen atoms in total. The quantitative estimate of drug-likeness (QED) is 0.354. The molecule has 0 radical (unpaired) electrons. The lowest BCUT2D eigenvalue weighted by Crippen LogP contribution is -2.48. The molecule has 1 fully saturated rings. The summed E-state index contributed by atoms with van der Waals surface area (Å²) in [6.07, 6.45) is 2.46. The number of hydrogen-bond acceptors (Lipinski definition) is 8. The van der Waals surface area contributed by atoms with E-state index >= 15 is 0 Å². The third-order valence-electron chi connectivity index (χ3n) is 5.24. The average molecular weight is 523 g/mol. The fourth-order valence-electron chi connectivity index (χ4n) is 3.56. The van der Waals surface area contributed by atoms with Gasteiger partial charge in [-0.25, -0.2) is 14.4 Å². The summed E-state index contributed by atoms with van der Waals surface area (Å²) >= 11 is 3.23. The number of ether oxygens (including phenoxy) is 2. The van der Waals surface area contributed by atoms with Crippen LogP contribution in [0.3, 0.4) is 0 Å². The molecule has 1 saturated heterocycles. The highest BCUT2D eigenvalue weighted by Gasteiger charge is 2.38. The number of hydrogen-bond donors (Lipinski definition) is 4. The monoisotopic (exact) mass is 522 g/mol. The van der Waals surface area contributed by atoms with Gasteiger partial charge in [-0.05, 0) is 50.2 Å². The Labute approximate surface area is 200 Å². The van der Waals surface area contributed by atoms with E-state index in [2.05, 4.69) is 36.5 Å². The van der Waals surface area contributed by atoms with Crippen molar-refractivity contribution in [1.29, 1.82) is 0 Å². The van der Waals surface area contributed by atoms with Gasteiger partial charge in [0.2, 0.25) is 0 Å². The van der Waals surface area contributed by atoms with Crippen molar-refractivity contribution in [3.63, 3.8) is 0 Å². The van der Waals surface area contributed by atoms with Crippen molar-refractivity contribution in [3.05, 3.63) is 46.9 Å². The third-order valence-corrected chi connectivity index (χ3v) is 5.73. The Morgan fingerprint density at radius 3 is 2.52 bits per heavy atom. The second-order valence-corrected chi connectivity index (χ2v) is 8.19. The minimum atomic E-state index is -2.35. The van der Waals surface area contributed by atoms with Gasteiger partial charge in [0.15, 0.2) is 11.5 Å². The van der Waals surface area contributed by atoms with E-state index in [1.54, 1.807) is 24.3 Å². The Kier molecular flexibility index (Phi) is 8.41. The Morgan fingerprint density at radius 2 is 1.85 bits per heavy atom. The molecule has 0 bridgehead atoms. The van der Waals surface area contributed by atoms with Gasteiger partial charge in [0.1, 0.15) is 18.0 Å². The molecule has 33 heavy (non-hydrogen) atoms. The predicted octanol–water partition coefficient (Wildman–Crippen LogP) is 4.33. The summed E-state index contributed by atoms with van der Waals surface area (Å²) in [5, 5.41) is 27.8. The van der Waals surface area contributed by atoms with Crippen LogP contribution in [0.5, 0.6) is 11.5 Å². The second-order valence-electron chi connectivity index (χ2n) is 7.28. The van der Waals surface area contributed by atoms with Gasteiger partial charge in [0, 0.05) is 15.9 Å². The van der Waals surface area contributed by atoms with Crippen LogP contribution in [0.25, 0.3) is 10.9 Å². The van der Waals surface area contributed by atoms with E-state index in [9.17, 15) is 14.6 Å². The van der Waals surface area contributed by atoms with Crippen LogP contribution in [0.4, 0.5) is 15.9 Å². The van der Waals surface area contributed by atoms with Crippen molar-refractivity contribution < 1.29 is 24.1 Å². The smallest absolute Gasteiger partial charge is 0.325 e. The summed E-state index contributed by atoms with van der Waals surface area (Å²) in [4.78, 5) is 8.45. The molecule has 0 amide bonds. The topological polar surface area (TPSA) is 109 Å². The molecule has 0 unspecified atom stereocenters. The predicted molar refractivity (Wildman–Crippen MR) is 128 cm³/mol. The number of rotatable bonds is 6. The molecular formula is C23H28BrFN4O4. The maximum absolute atomic E-state index is 14.3. The number of aromatic nitrogens is 2. The van der Waals surface area contributed by atoms with Gasteiger partial charge in [0.25, 0.3) is 0 Å². The van der Waals surface area contributed by atoms with E-state index in [-0.39, 0.29) is 17.2 Å². The van der Waals surface area contributed by atoms with Crippen molar-refractivity contribution in [1.82, 2.24) is 15.3 Å². The molecule has 4 rings (SSSR count). The third kappa shape index (κ3) is 5.89. The van der Waals surface area contributed by atoms with Gasteiger partial charge >= 0.3 is 5.97 Å². The molecule has 3 aromatic rings. The Balaban J connectivity index is 0.00000149. The minimum Gasteiger partial charge on any atom is -0.493 e. The van der Waals surface area contributed by atoms with Crippen LogP contribution in [-0.2, 0) is 0 Å². The Hall–Kier alpha value is -2.53. The van der Waals surface area contributed by atoms with Crippen LogP contribution < -0.4 is 20.1 Å². The summed E-state index contributed by atoms with van der Waals surface area (Å²) in [6, 6.07) is 7.81. The molecule has 0 atom stereocenters. The molecule has 178 valence electrons. The zero-order valence-corrected chi connectivity index (χ0v) is 20.3. The van der Waals surface area contributed by atoms with Crippen molar-refractivity contribution in [3.8, 4) is 11.5 Å². The van der Waals surface area contributed by atoms with E-state index in [0.717, 1.165) is 0 Å². The van der Waals surface area contributed by atoms with E-state index < -0.39 is 17.7 Å². The number of aliphatic hydroxyl groups is 2. The molecule has 1 aliphatic rings. The fraction of sp³-hybridized carbons (Fsp3) is 0.391. The lowest BCUT2D eigenvalue weighted by molar-refractivity contribution is -0.326. The summed E-state index contributed by atoms with van der Waals surface area (Å²) < 4.78 is 25.9. The molecule has 1 aromatic heterocycles. The van der Waals surface area contributed by atoms with Gasteiger partial charge < -0.3 is 30.3 Å². The molecule has 0 aliphatic carbocycles. The first-order valence-electron chi connectivity index (χ1n) is 10.8. The highest BCUT2D eigenvalue weighted by atomic mass is 79.9. The van der Waals surface area contributed by atoms with Crippen molar-refractivity contribution in [2.24, 2.45) is 5.92 Å². The molecule has 10 heteroatoms. The van der Waals surface area contributed by atoms with Crippen LogP contribution in [0.15, 0.2) is 41.1 Å². The van der Waals surface area contributed by atoms with E-state index in [0.29, 0.717) is 47.1 Å². The minimum absolute atomic E-state index is 0.137. The number of nitrogens with one attached hydrogen (secondary N) is 2. The normalized spacial score (nSPS) is 14.4. The number of anilines is 2. The number of piperidine rings is 1. The number of nitrogens with zero attached hydrogens (tertiary/aromatic N) is 2. The van der Waals surface area contributed by atoms with Crippen molar-refractivity contribution >= 4 is 38.3 Å². The molecule has 1 aliphatic heterocycles. The lowest BCUT2D eigenvalue weighted by atomic mass is 9.95. The first-order valence-corrected chi connectivity index (χ1v) is 11.6. The molecular weight excluding hydrogens is 495 g/mol. The molecule has 0 spiro atoms. The standard InChI is InChI=1S/C21H22BrFN4O4.C2H6/c1-30-18-9-14-17(10-19(18)31-21(28,29)12-4-6-24-7-5-12)25-11-26-20(14)27-16-3-2-13(22)8-15(16)23;1-2/h2-3,8-12,24,28-29H,4-7H2,1H3,(H,25,26,27);1-2H3. The van der Waals surface area contributed by atoms with Crippen molar-refractivity contribution in [2.75, 3.05) is 25.5 Å². The molecule has 0 saturated carbocycles. The Bertz CT molecular complexity index is 1090. The molecule has 2 aromatic carbocycles. The fourth-order valence-corrected chi connectivity index (χ4v) is 3.90. The molecule has 2 heterocycles. The Morgan fingerprint density at radius 1 is 1.12 bits per heavy atom. The van der Waals surface area contributed by atoms with Gasteiger partial charge in [0.05, 0.1) is 24.2 Å². The van der Waals surface area contributed by atoms with Gasteiger partial charge in [-0.1, -0.05) is 29.8 Å². The highest BCUT2D eigenvalue weighted by molar-refractivity contribution is 9.10. The van der Waals surface area contributed by atoms with E-state index in [4.69, 9.17) is 9.47 Å². The summed E-state index contributed by atoms with van der Waals surface area (Å²) in [6.45, 7) is 5.36. The number of methoxy groups -OCH3 is 1. The zero-order valence-electron chi connectivity index (χ0n) is 18.7. The molecule has 4 N–H and O–H groups in total. The number of benzene rings is 2.